The second kappa shape index (κ2) is 6.12. The maximum absolute atomic E-state index is 11.1. The molecule has 0 bridgehead atoms. The number of amides is 1. The van der Waals surface area contributed by atoms with E-state index < -0.39 is 0 Å². The van der Waals surface area contributed by atoms with Crippen LogP contribution in [0.2, 0.25) is 0 Å². The van der Waals surface area contributed by atoms with E-state index in [1.54, 1.807) is 7.05 Å². The summed E-state index contributed by atoms with van der Waals surface area (Å²) in [6.45, 7) is 4.38. The van der Waals surface area contributed by atoms with Gasteiger partial charge in [-0.25, -0.2) is 5.43 Å². The predicted octanol–water partition coefficient (Wildman–Crippen LogP) is 1.32. The fraction of sp³-hybridized carbons (Fsp3) is 0.417. The third-order valence-electron chi connectivity index (χ3n) is 2.25. The van der Waals surface area contributed by atoms with Crippen molar-refractivity contribution in [1.82, 2.24) is 10.9 Å². The van der Waals surface area contributed by atoms with Gasteiger partial charge in [-0.15, -0.1) is 0 Å². The van der Waals surface area contributed by atoms with Gasteiger partial charge in [0, 0.05) is 7.05 Å². The van der Waals surface area contributed by atoms with Crippen molar-refractivity contribution < 1.29 is 9.53 Å². The molecule has 0 radical (unpaired) electrons. The lowest BCUT2D eigenvalue weighted by molar-refractivity contribution is -0.122. The zero-order valence-electron chi connectivity index (χ0n) is 9.96. The predicted molar refractivity (Wildman–Crippen MR) is 63.2 cm³/mol. The number of aryl methyl sites for hydroxylation is 2. The molecular weight excluding hydrogens is 204 g/mol. The molecule has 0 saturated carbocycles. The van der Waals surface area contributed by atoms with E-state index in [4.69, 9.17) is 4.74 Å². The molecular formula is C12H18N2O2. The van der Waals surface area contributed by atoms with Gasteiger partial charge in [0.2, 0.25) is 5.91 Å². The minimum absolute atomic E-state index is 0.0752. The van der Waals surface area contributed by atoms with Crippen LogP contribution in [0.25, 0.3) is 0 Å². The summed E-state index contributed by atoms with van der Waals surface area (Å²) >= 11 is 0. The van der Waals surface area contributed by atoms with Crippen molar-refractivity contribution in [2.24, 2.45) is 0 Å². The molecule has 4 nitrogen and oxygen atoms in total. The van der Waals surface area contributed by atoms with E-state index in [9.17, 15) is 4.79 Å². The van der Waals surface area contributed by atoms with Gasteiger partial charge >= 0.3 is 0 Å². The number of para-hydroxylation sites is 1. The zero-order chi connectivity index (χ0) is 12.0. The first-order valence-electron chi connectivity index (χ1n) is 5.29. The number of benzene rings is 1. The van der Waals surface area contributed by atoms with Crippen LogP contribution >= 0.6 is 0 Å². The summed E-state index contributed by atoms with van der Waals surface area (Å²) in [5.74, 6) is 0.800. The summed E-state index contributed by atoms with van der Waals surface area (Å²) in [5, 5.41) is 0. The smallest absolute Gasteiger partial charge is 0.237 e. The van der Waals surface area contributed by atoms with Crippen molar-refractivity contribution in [1.29, 1.82) is 0 Å². The maximum atomic E-state index is 11.1. The Labute approximate surface area is 96.0 Å². The van der Waals surface area contributed by atoms with Crippen molar-refractivity contribution in [3.8, 4) is 5.75 Å². The summed E-state index contributed by atoms with van der Waals surface area (Å²) in [5.41, 5.74) is 7.26. The highest BCUT2D eigenvalue weighted by Gasteiger charge is 2.04. The molecule has 0 saturated heterocycles. The molecule has 0 aromatic heterocycles. The van der Waals surface area contributed by atoms with Gasteiger partial charge in [0.05, 0.1) is 13.0 Å². The Morgan fingerprint density at radius 2 is 1.94 bits per heavy atom. The van der Waals surface area contributed by atoms with Crippen LogP contribution in [0, 0.1) is 13.8 Å². The molecule has 1 aromatic rings. The van der Waals surface area contributed by atoms with Crippen LogP contribution in [0.1, 0.15) is 17.5 Å². The molecule has 0 aliphatic heterocycles. The summed E-state index contributed by atoms with van der Waals surface area (Å²) in [6.07, 6.45) is 0.342. The van der Waals surface area contributed by atoms with E-state index in [0.29, 0.717) is 13.0 Å². The van der Waals surface area contributed by atoms with Gasteiger partial charge in [-0.2, -0.15) is 0 Å². The highest BCUT2D eigenvalue weighted by atomic mass is 16.5. The third kappa shape index (κ3) is 3.55. The lowest BCUT2D eigenvalue weighted by atomic mass is 10.1. The summed E-state index contributed by atoms with van der Waals surface area (Å²) < 4.78 is 5.60. The van der Waals surface area contributed by atoms with Gasteiger partial charge in [-0.1, -0.05) is 18.2 Å². The van der Waals surface area contributed by atoms with Crippen LogP contribution in [0.3, 0.4) is 0 Å². The van der Waals surface area contributed by atoms with E-state index in [0.717, 1.165) is 16.9 Å². The molecule has 0 unspecified atom stereocenters. The van der Waals surface area contributed by atoms with Gasteiger partial charge < -0.3 is 4.74 Å². The van der Waals surface area contributed by atoms with E-state index in [2.05, 4.69) is 10.9 Å². The van der Waals surface area contributed by atoms with Crippen molar-refractivity contribution in [3.05, 3.63) is 29.3 Å². The molecule has 4 heteroatoms. The standard InChI is InChI=1S/C12H18N2O2/c1-9-5-4-6-10(2)12(9)16-8-7-11(15)14-13-3/h4-6,13H,7-8H2,1-3H3,(H,14,15). The van der Waals surface area contributed by atoms with Gasteiger partial charge in [0.1, 0.15) is 5.75 Å². The first kappa shape index (κ1) is 12.5. The Bertz CT molecular complexity index is 344. The first-order chi connectivity index (χ1) is 7.65. The molecule has 0 heterocycles. The van der Waals surface area contributed by atoms with Gasteiger partial charge in [-0.05, 0) is 25.0 Å². The van der Waals surface area contributed by atoms with Crippen LogP contribution in [0.4, 0.5) is 0 Å². The van der Waals surface area contributed by atoms with Crippen molar-refractivity contribution in [2.75, 3.05) is 13.7 Å². The zero-order valence-corrected chi connectivity index (χ0v) is 9.96. The SMILES string of the molecule is CNNC(=O)CCOc1c(C)cccc1C. The minimum atomic E-state index is -0.0752. The number of hydrogen-bond donors (Lipinski definition) is 2. The number of ether oxygens (including phenoxy) is 1. The summed E-state index contributed by atoms with van der Waals surface area (Å²) in [7, 11) is 1.66. The van der Waals surface area contributed by atoms with Gasteiger partial charge in [0.15, 0.2) is 0 Å². The number of carbonyl (C=O) groups excluding carboxylic acids is 1. The fourth-order valence-electron chi connectivity index (χ4n) is 1.47. The monoisotopic (exact) mass is 222 g/mol. The lowest BCUT2D eigenvalue weighted by Gasteiger charge is -2.11. The quantitative estimate of drug-likeness (QED) is 0.739. The summed E-state index contributed by atoms with van der Waals surface area (Å²) in [4.78, 5) is 11.1. The number of carbonyl (C=O) groups is 1. The Hall–Kier alpha value is -1.55. The molecule has 88 valence electrons. The highest BCUT2D eigenvalue weighted by Crippen LogP contribution is 2.22. The second-order valence-corrected chi connectivity index (χ2v) is 3.62. The molecule has 0 aliphatic carbocycles. The first-order valence-corrected chi connectivity index (χ1v) is 5.29. The van der Waals surface area contributed by atoms with Crippen LogP contribution < -0.4 is 15.6 Å². The average molecular weight is 222 g/mol. The molecule has 1 rings (SSSR count). The van der Waals surface area contributed by atoms with Gasteiger partial charge in [-0.3, -0.25) is 10.2 Å². The Morgan fingerprint density at radius 3 is 2.50 bits per heavy atom. The van der Waals surface area contributed by atoms with E-state index in [1.165, 1.54) is 0 Å². The number of hydrazine groups is 1. The molecule has 1 aromatic carbocycles. The molecule has 1 amide bonds. The van der Waals surface area contributed by atoms with Crippen LogP contribution in [0.15, 0.2) is 18.2 Å². The fourth-order valence-corrected chi connectivity index (χ4v) is 1.47. The normalized spacial score (nSPS) is 9.94. The van der Waals surface area contributed by atoms with Crippen molar-refractivity contribution in [2.45, 2.75) is 20.3 Å². The topological polar surface area (TPSA) is 50.4 Å². The Morgan fingerprint density at radius 1 is 1.31 bits per heavy atom. The van der Waals surface area contributed by atoms with E-state index >= 15 is 0 Å². The molecule has 2 N–H and O–H groups in total. The Kier molecular flexibility index (Phi) is 4.79. The maximum Gasteiger partial charge on any atom is 0.237 e. The van der Waals surface area contributed by atoms with Gasteiger partial charge in [0.25, 0.3) is 0 Å². The van der Waals surface area contributed by atoms with Crippen LogP contribution in [0.5, 0.6) is 5.75 Å². The molecule has 0 atom stereocenters. The molecule has 16 heavy (non-hydrogen) atoms. The van der Waals surface area contributed by atoms with E-state index in [1.807, 2.05) is 32.0 Å². The van der Waals surface area contributed by atoms with Crippen molar-refractivity contribution in [3.63, 3.8) is 0 Å². The number of nitrogens with one attached hydrogen (secondary N) is 2. The van der Waals surface area contributed by atoms with Crippen LogP contribution in [-0.2, 0) is 4.79 Å². The average Bonchev–Trinajstić information content (AvgIpc) is 2.23. The molecule has 0 spiro atoms. The third-order valence-corrected chi connectivity index (χ3v) is 2.25. The largest absolute Gasteiger partial charge is 0.493 e. The second-order valence-electron chi connectivity index (χ2n) is 3.62. The Balaban J connectivity index is 2.46. The number of rotatable bonds is 5. The van der Waals surface area contributed by atoms with E-state index in [-0.39, 0.29) is 5.91 Å². The van der Waals surface area contributed by atoms with Crippen LogP contribution in [-0.4, -0.2) is 19.6 Å². The molecule has 0 aliphatic rings. The lowest BCUT2D eigenvalue weighted by Crippen LogP contribution is -2.34. The molecule has 0 fully saturated rings. The van der Waals surface area contributed by atoms with Crippen molar-refractivity contribution >= 4 is 5.91 Å². The minimum Gasteiger partial charge on any atom is -0.493 e. The summed E-state index contributed by atoms with van der Waals surface area (Å²) in [6, 6.07) is 5.98. The highest BCUT2D eigenvalue weighted by molar-refractivity contribution is 5.75. The number of hydrogen-bond acceptors (Lipinski definition) is 3.